The molecule has 0 fully saturated rings. The SMILES string of the molecule is CSc1nc(=O)n(-c2ccccc2)c(=O)n1C. The van der Waals surface area contributed by atoms with E-state index in [2.05, 4.69) is 4.98 Å². The number of aromatic nitrogens is 3. The second kappa shape index (κ2) is 4.58. The third-order valence-electron chi connectivity index (χ3n) is 2.34. The quantitative estimate of drug-likeness (QED) is 0.733. The average molecular weight is 249 g/mol. The number of benzene rings is 1. The third-order valence-corrected chi connectivity index (χ3v) is 3.07. The summed E-state index contributed by atoms with van der Waals surface area (Å²) in [6, 6.07) is 8.75. The molecule has 0 saturated carbocycles. The van der Waals surface area contributed by atoms with E-state index in [4.69, 9.17) is 0 Å². The van der Waals surface area contributed by atoms with Crippen molar-refractivity contribution in [1.82, 2.24) is 14.1 Å². The first-order valence-corrected chi connectivity index (χ1v) is 6.17. The molecule has 1 aromatic heterocycles. The molecule has 2 aromatic rings. The normalized spacial score (nSPS) is 10.5. The van der Waals surface area contributed by atoms with Crippen molar-refractivity contribution in [2.75, 3.05) is 6.26 Å². The second-order valence-electron chi connectivity index (χ2n) is 3.39. The number of nitrogens with zero attached hydrogens (tertiary/aromatic N) is 3. The Morgan fingerprint density at radius 2 is 1.82 bits per heavy atom. The molecule has 0 amide bonds. The highest BCUT2D eigenvalue weighted by molar-refractivity contribution is 7.98. The highest BCUT2D eigenvalue weighted by Gasteiger charge is 2.10. The molecule has 0 saturated heterocycles. The van der Waals surface area contributed by atoms with Gasteiger partial charge in [0.25, 0.3) is 0 Å². The molecule has 0 unspecified atom stereocenters. The van der Waals surface area contributed by atoms with Gasteiger partial charge in [0.1, 0.15) is 0 Å². The van der Waals surface area contributed by atoms with Crippen LogP contribution in [0.3, 0.4) is 0 Å². The van der Waals surface area contributed by atoms with Crippen LogP contribution in [0, 0.1) is 0 Å². The number of para-hydroxylation sites is 1. The van der Waals surface area contributed by atoms with Crippen molar-refractivity contribution >= 4 is 11.8 Å². The molecule has 88 valence electrons. The van der Waals surface area contributed by atoms with Crippen LogP contribution in [0.1, 0.15) is 0 Å². The van der Waals surface area contributed by atoms with Crippen LogP contribution in [-0.4, -0.2) is 20.4 Å². The minimum absolute atomic E-state index is 0.388. The standard InChI is InChI=1S/C11H11N3O2S/c1-13-10(17-2)12-9(15)14(11(13)16)8-6-4-3-5-7-8/h3-7H,1-2H3. The van der Waals surface area contributed by atoms with Crippen molar-refractivity contribution in [3.05, 3.63) is 51.3 Å². The molecule has 0 spiro atoms. The van der Waals surface area contributed by atoms with Gasteiger partial charge in [-0.05, 0) is 18.4 Å². The van der Waals surface area contributed by atoms with Crippen molar-refractivity contribution in [3.63, 3.8) is 0 Å². The fourth-order valence-corrected chi connectivity index (χ4v) is 2.02. The Balaban J connectivity index is 2.77. The van der Waals surface area contributed by atoms with Gasteiger partial charge in [-0.25, -0.2) is 14.2 Å². The van der Waals surface area contributed by atoms with Crippen molar-refractivity contribution in [3.8, 4) is 5.69 Å². The highest BCUT2D eigenvalue weighted by Crippen LogP contribution is 2.06. The minimum Gasteiger partial charge on any atom is -0.275 e. The number of thioether (sulfide) groups is 1. The van der Waals surface area contributed by atoms with Gasteiger partial charge < -0.3 is 0 Å². The van der Waals surface area contributed by atoms with Crippen molar-refractivity contribution in [1.29, 1.82) is 0 Å². The molecule has 2 rings (SSSR count). The first kappa shape index (κ1) is 11.7. The van der Waals surface area contributed by atoms with Crippen molar-refractivity contribution in [2.24, 2.45) is 7.05 Å². The zero-order valence-corrected chi connectivity index (χ0v) is 10.3. The van der Waals surface area contributed by atoms with Crippen molar-refractivity contribution < 1.29 is 0 Å². The number of rotatable bonds is 2. The summed E-state index contributed by atoms with van der Waals surface area (Å²) >= 11 is 1.27. The maximum Gasteiger partial charge on any atom is 0.358 e. The lowest BCUT2D eigenvalue weighted by Gasteiger charge is -2.08. The lowest BCUT2D eigenvalue weighted by molar-refractivity contribution is 0.613. The smallest absolute Gasteiger partial charge is 0.275 e. The van der Waals surface area contributed by atoms with Gasteiger partial charge in [-0.1, -0.05) is 30.0 Å². The molecular weight excluding hydrogens is 238 g/mol. The van der Waals surface area contributed by atoms with Crippen LogP contribution in [-0.2, 0) is 7.05 Å². The molecular formula is C11H11N3O2S. The van der Waals surface area contributed by atoms with Gasteiger partial charge >= 0.3 is 11.4 Å². The first-order valence-electron chi connectivity index (χ1n) is 4.94. The van der Waals surface area contributed by atoms with E-state index in [1.807, 2.05) is 6.07 Å². The van der Waals surface area contributed by atoms with E-state index in [-0.39, 0.29) is 5.69 Å². The highest BCUT2D eigenvalue weighted by atomic mass is 32.2. The zero-order valence-electron chi connectivity index (χ0n) is 9.45. The van der Waals surface area contributed by atoms with Crippen LogP contribution < -0.4 is 11.4 Å². The Kier molecular flexibility index (Phi) is 3.14. The van der Waals surface area contributed by atoms with Gasteiger partial charge in [-0.15, -0.1) is 0 Å². The van der Waals surface area contributed by atoms with E-state index in [9.17, 15) is 9.59 Å². The molecule has 1 aromatic carbocycles. The molecule has 1 heterocycles. The predicted octanol–water partition coefficient (Wildman–Crippen LogP) is 0.653. The lowest BCUT2D eigenvalue weighted by Crippen LogP contribution is -2.40. The van der Waals surface area contributed by atoms with Gasteiger partial charge in [0.15, 0.2) is 5.16 Å². The van der Waals surface area contributed by atoms with Gasteiger partial charge in [0, 0.05) is 7.05 Å². The van der Waals surface area contributed by atoms with E-state index in [1.54, 1.807) is 37.6 Å². The van der Waals surface area contributed by atoms with Gasteiger partial charge in [-0.3, -0.25) is 4.57 Å². The van der Waals surface area contributed by atoms with Crippen LogP contribution in [0.5, 0.6) is 0 Å². The second-order valence-corrected chi connectivity index (χ2v) is 4.17. The predicted molar refractivity (Wildman–Crippen MR) is 66.9 cm³/mol. The average Bonchev–Trinajstić information content (AvgIpc) is 2.35. The Morgan fingerprint density at radius 3 is 2.41 bits per heavy atom. The summed E-state index contributed by atoms with van der Waals surface area (Å²) in [7, 11) is 1.60. The monoisotopic (exact) mass is 249 g/mol. The molecule has 5 nitrogen and oxygen atoms in total. The summed E-state index contributed by atoms with van der Waals surface area (Å²) in [5.74, 6) is 0. The maximum absolute atomic E-state index is 12.0. The van der Waals surface area contributed by atoms with Crippen LogP contribution in [0.15, 0.2) is 45.1 Å². The van der Waals surface area contributed by atoms with Gasteiger partial charge in [0.05, 0.1) is 5.69 Å². The summed E-state index contributed by atoms with van der Waals surface area (Å²) in [6.45, 7) is 0. The van der Waals surface area contributed by atoms with Crippen molar-refractivity contribution in [2.45, 2.75) is 5.16 Å². The molecule has 0 bridgehead atoms. The maximum atomic E-state index is 12.0. The summed E-state index contributed by atoms with van der Waals surface area (Å²) in [6.07, 6.45) is 1.77. The topological polar surface area (TPSA) is 56.9 Å². The summed E-state index contributed by atoms with van der Waals surface area (Å²) < 4.78 is 2.42. The zero-order chi connectivity index (χ0) is 12.4. The minimum atomic E-state index is -0.552. The fraction of sp³-hybridized carbons (Fsp3) is 0.182. The number of hydrogen-bond donors (Lipinski definition) is 0. The largest absolute Gasteiger partial charge is 0.358 e. The summed E-state index contributed by atoms with van der Waals surface area (Å²) in [5.41, 5.74) is -0.414. The Labute approximate surface area is 102 Å². The Hall–Kier alpha value is -1.82. The van der Waals surface area contributed by atoms with Crippen LogP contribution in [0.2, 0.25) is 0 Å². The first-order chi connectivity index (χ1) is 8.15. The van der Waals surface area contributed by atoms with E-state index >= 15 is 0 Å². The molecule has 0 atom stereocenters. The van der Waals surface area contributed by atoms with E-state index < -0.39 is 5.69 Å². The molecule has 0 radical (unpaired) electrons. The number of hydrogen-bond acceptors (Lipinski definition) is 4. The van der Waals surface area contributed by atoms with Gasteiger partial charge in [-0.2, -0.15) is 4.98 Å². The molecule has 17 heavy (non-hydrogen) atoms. The van der Waals surface area contributed by atoms with Crippen LogP contribution in [0.25, 0.3) is 5.69 Å². The molecule has 0 aliphatic carbocycles. The fourth-order valence-electron chi connectivity index (χ4n) is 1.50. The molecule has 0 aliphatic heterocycles. The third kappa shape index (κ3) is 2.03. The Bertz CT molecular complexity index is 646. The summed E-state index contributed by atoms with van der Waals surface area (Å²) in [4.78, 5) is 27.7. The summed E-state index contributed by atoms with van der Waals surface area (Å²) in [5, 5.41) is 0.409. The Morgan fingerprint density at radius 1 is 1.18 bits per heavy atom. The molecule has 0 N–H and O–H groups in total. The lowest BCUT2D eigenvalue weighted by atomic mass is 10.3. The molecule has 0 aliphatic rings. The van der Waals surface area contributed by atoms with E-state index in [1.165, 1.54) is 16.3 Å². The van der Waals surface area contributed by atoms with Crippen LogP contribution in [0.4, 0.5) is 0 Å². The van der Waals surface area contributed by atoms with E-state index in [0.717, 1.165) is 4.57 Å². The van der Waals surface area contributed by atoms with Gasteiger partial charge in [0.2, 0.25) is 0 Å². The van der Waals surface area contributed by atoms with E-state index in [0.29, 0.717) is 10.8 Å². The van der Waals surface area contributed by atoms with Crippen LogP contribution >= 0.6 is 11.8 Å². The molecule has 6 heteroatoms.